The van der Waals surface area contributed by atoms with E-state index in [4.69, 9.17) is 5.73 Å². The normalized spacial score (nSPS) is 23.1. The number of piperazine rings is 1. The van der Waals surface area contributed by atoms with Crippen LogP contribution < -0.4 is 16.3 Å². The van der Waals surface area contributed by atoms with Crippen molar-refractivity contribution in [3.8, 4) is 11.1 Å². The monoisotopic (exact) mass is 563 g/mol. The van der Waals surface area contributed by atoms with E-state index in [1.165, 1.54) is 22.8 Å². The van der Waals surface area contributed by atoms with Gasteiger partial charge in [0.1, 0.15) is 17.9 Å². The van der Waals surface area contributed by atoms with Crippen molar-refractivity contribution in [1.82, 2.24) is 14.5 Å². The van der Waals surface area contributed by atoms with Gasteiger partial charge in [0, 0.05) is 59.4 Å². The van der Waals surface area contributed by atoms with Crippen LogP contribution in [0.3, 0.4) is 0 Å². The molecule has 4 atom stereocenters. The van der Waals surface area contributed by atoms with Gasteiger partial charge in [0.2, 0.25) is 0 Å². The smallest absolute Gasteiger partial charge is 0.375 e. The molecular formula is C27H29F4N5O2S. The van der Waals surface area contributed by atoms with E-state index in [-0.39, 0.29) is 51.6 Å². The molecule has 3 aromatic rings. The minimum Gasteiger partial charge on any atom is -0.375 e. The second-order valence-electron chi connectivity index (χ2n) is 10.1. The first-order valence-electron chi connectivity index (χ1n) is 12.6. The molecule has 2 aromatic carbocycles. The molecule has 208 valence electrons. The number of aromatic nitrogens is 2. The molecule has 1 fully saturated rings. The lowest BCUT2D eigenvalue weighted by molar-refractivity contribution is -0.137. The van der Waals surface area contributed by atoms with Gasteiger partial charge in [-0.05, 0) is 43.7 Å². The summed E-state index contributed by atoms with van der Waals surface area (Å²) in [6.45, 7) is 8.18. The van der Waals surface area contributed by atoms with Gasteiger partial charge in [-0.3, -0.25) is 9.47 Å². The quantitative estimate of drug-likeness (QED) is 0.366. The van der Waals surface area contributed by atoms with Crippen LogP contribution in [0.4, 0.5) is 23.4 Å². The predicted octanol–water partition coefficient (Wildman–Crippen LogP) is 4.06. The number of nitrogens with zero attached hydrogens (tertiary/aromatic N) is 4. The summed E-state index contributed by atoms with van der Waals surface area (Å²) >= 11 is 1.16. The highest BCUT2D eigenvalue weighted by Gasteiger charge is 2.39. The first-order chi connectivity index (χ1) is 18.4. The van der Waals surface area contributed by atoms with E-state index in [1.54, 1.807) is 4.90 Å². The van der Waals surface area contributed by atoms with E-state index in [1.807, 2.05) is 18.7 Å². The van der Waals surface area contributed by atoms with Gasteiger partial charge >= 0.3 is 11.9 Å². The molecule has 3 heterocycles. The number of benzene rings is 2. The Morgan fingerprint density at radius 3 is 2.41 bits per heavy atom. The van der Waals surface area contributed by atoms with Gasteiger partial charge in [-0.1, -0.05) is 18.7 Å². The Morgan fingerprint density at radius 2 is 1.82 bits per heavy atom. The summed E-state index contributed by atoms with van der Waals surface area (Å²) in [5.41, 5.74) is 5.16. The van der Waals surface area contributed by atoms with Crippen LogP contribution in [0.5, 0.6) is 0 Å². The maximum Gasteiger partial charge on any atom is 0.417 e. The fourth-order valence-corrected chi connectivity index (χ4v) is 6.92. The Labute approximate surface area is 226 Å². The van der Waals surface area contributed by atoms with Gasteiger partial charge in [0.15, 0.2) is 0 Å². The Kier molecular flexibility index (Phi) is 7.25. The predicted molar refractivity (Wildman–Crippen MR) is 144 cm³/mol. The third-order valence-corrected chi connectivity index (χ3v) is 8.58. The molecule has 2 unspecified atom stereocenters. The molecule has 7 nitrogen and oxygen atoms in total. The Balaban J connectivity index is 1.80. The number of aliphatic hydroxyl groups is 1. The molecule has 1 aromatic heterocycles. The van der Waals surface area contributed by atoms with Crippen LogP contribution >= 0.6 is 11.8 Å². The number of hydrogen-bond acceptors (Lipinski definition) is 7. The molecule has 0 radical (unpaired) electrons. The van der Waals surface area contributed by atoms with E-state index in [2.05, 4.69) is 11.6 Å². The molecule has 0 spiro atoms. The molecule has 5 rings (SSSR count). The van der Waals surface area contributed by atoms with E-state index >= 15 is 0 Å². The zero-order chi connectivity index (χ0) is 28.2. The number of aliphatic hydroxyl groups excluding tert-OH is 1. The number of hydrogen-bond donors (Lipinski definition) is 2. The Morgan fingerprint density at radius 1 is 1.18 bits per heavy atom. The number of halogens is 4. The highest BCUT2D eigenvalue weighted by molar-refractivity contribution is 7.99. The van der Waals surface area contributed by atoms with Crippen molar-refractivity contribution in [3.05, 3.63) is 64.9 Å². The van der Waals surface area contributed by atoms with Crippen molar-refractivity contribution in [2.24, 2.45) is 5.73 Å². The lowest BCUT2D eigenvalue weighted by Crippen LogP contribution is -2.60. The van der Waals surface area contributed by atoms with Gasteiger partial charge in [-0.15, -0.1) is 11.8 Å². The highest BCUT2D eigenvalue weighted by atomic mass is 32.2. The second kappa shape index (κ2) is 10.2. The summed E-state index contributed by atoms with van der Waals surface area (Å²) in [5, 5.41) is 10.6. The average molecular weight is 564 g/mol. The SMILES string of the molecule is C=CC(O)N1[C@H](C)CN(c2nc(=O)n3c4c(c(-c5ccc(F)cc5)c(C(F)(F)F)cc24)SCC(N)C3)C[C@@H]1C. The highest BCUT2D eigenvalue weighted by Crippen LogP contribution is 2.48. The number of nitrogens with two attached hydrogens (primary N) is 1. The maximum atomic E-state index is 14.7. The third kappa shape index (κ3) is 4.94. The van der Waals surface area contributed by atoms with Gasteiger partial charge in [-0.25, -0.2) is 9.18 Å². The van der Waals surface area contributed by atoms with Crippen LogP contribution in [0.25, 0.3) is 22.0 Å². The van der Waals surface area contributed by atoms with Gasteiger partial charge in [0.05, 0.1) is 11.1 Å². The van der Waals surface area contributed by atoms with Crippen molar-refractivity contribution in [1.29, 1.82) is 0 Å². The zero-order valence-corrected chi connectivity index (χ0v) is 22.3. The molecule has 1 saturated heterocycles. The van der Waals surface area contributed by atoms with Crippen LogP contribution in [0.1, 0.15) is 19.4 Å². The van der Waals surface area contributed by atoms with E-state index < -0.39 is 35.5 Å². The molecule has 0 amide bonds. The average Bonchev–Trinajstić information content (AvgIpc) is 3.05. The van der Waals surface area contributed by atoms with E-state index in [0.717, 1.165) is 30.0 Å². The van der Waals surface area contributed by atoms with Crippen molar-refractivity contribution in [2.45, 2.75) is 55.8 Å². The largest absolute Gasteiger partial charge is 0.417 e. The van der Waals surface area contributed by atoms with Crippen LogP contribution in [0, 0.1) is 5.82 Å². The standard InChI is InChI=1S/C27H29F4N5O2S/c1-4-21(37)36-14(2)10-34(11-15(36)3)25-19-9-20(27(29,30)31)22(16-5-7-17(28)8-6-16)24-23(19)35(26(38)33-25)12-18(32)13-39-24/h4-9,14-15,18,21,37H,1,10-13,32H2,2-3H3/t14-,15+,18?,21?. The van der Waals surface area contributed by atoms with Crippen molar-refractivity contribution in [3.63, 3.8) is 0 Å². The summed E-state index contributed by atoms with van der Waals surface area (Å²) in [7, 11) is 0. The van der Waals surface area contributed by atoms with E-state index in [9.17, 15) is 27.5 Å². The molecule has 2 aliphatic heterocycles. The summed E-state index contributed by atoms with van der Waals surface area (Å²) in [6, 6.07) is 4.99. The van der Waals surface area contributed by atoms with E-state index in [0.29, 0.717) is 18.6 Å². The second-order valence-corrected chi connectivity index (χ2v) is 11.2. The first kappa shape index (κ1) is 27.6. The summed E-state index contributed by atoms with van der Waals surface area (Å²) in [4.78, 5) is 21.6. The number of anilines is 1. The number of alkyl halides is 3. The van der Waals surface area contributed by atoms with Crippen LogP contribution in [-0.2, 0) is 12.7 Å². The number of rotatable bonds is 4. The molecule has 3 N–H and O–H groups in total. The fraction of sp³-hybridized carbons (Fsp3) is 0.407. The summed E-state index contributed by atoms with van der Waals surface area (Å²) < 4.78 is 59.0. The Hall–Kier alpha value is -2.93. The lowest BCUT2D eigenvalue weighted by atomic mass is 9.96. The minimum atomic E-state index is -4.74. The third-order valence-electron chi connectivity index (χ3n) is 7.30. The van der Waals surface area contributed by atoms with Gasteiger partial charge in [-0.2, -0.15) is 18.2 Å². The fourth-order valence-electron chi connectivity index (χ4n) is 5.70. The maximum absolute atomic E-state index is 14.7. The van der Waals surface area contributed by atoms with Crippen molar-refractivity contribution >= 4 is 28.5 Å². The topological polar surface area (TPSA) is 87.6 Å². The Bertz CT molecular complexity index is 1460. The summed E-state index contributed by atoms with van der Waals surface area (Å²) in [5.74, 6) is -0.125. The summed E-state index contributed by atoms with van der Waals surface area (Å²) in [6.07, 6.45) is -4.20. The van der Waals surface area contributed by atoms with Gasteiger partial charge in [0.25, 0.3) is 0 Å². The molecule has 12 heteroatoms. The molecule has 0 aliphatic carbocycles. The van der Waals surface area contributed by atoms with Crippen LogP contribution in [0.2, 0.25) is 0 Å². The molecule has 39 heavy (non-hydrogen) atoms. The molecule has 0 saturated carbocycles. The zero-order valence-electron chi connectivity index (χ0n) is 21.5. The molecular weight excluding hydrogens is 534 g/mol. The van der Waals surface area contributed by atoms with Gasteiger partial charge < -0.3 is 15.7 Å². The van der Waals surface area contributed by atoms with Crippen LogP contribution in [0.15, 0.2) is 52.7 Å². The minimum absolute atomic E-state index is 0.100. The lowest BCUT2D eigenvalue weighted by Gasteiger charge is -2.46. The van der Waals surface area contributed by atoms with Crippen LogP contribution in [-0.4, -0.2) is 62.8 Å². The first-order valence-corrected chi connectivity index (χ1v) is 13.5. The van der Waals surface area contributed by atoms with Crippen molar-refractivity contribution < 1.29 is 22.7 Å². The number of thioether (sulfide) groups is 1. The molecule has 0 bridgehead atoms. The molecule has 2 aliphatic rings. The van der Waals surface area contributed by atoms with Crippen molar-refractivity contribution in [2.75, 3.05) is 23.7 Å².